The predicted octanol–water partition coefficient (Wildman–Crippen LogP) is 4.48. The molecule has 4 rings (SSSR count). The van der Waals surface area contributed by atoms with E-state index in [0.717, 1.165) is 22.2 Å². The van der Waals surface area contributed by atoms with E-state index >= 15 is 0 Å². The first-order valence-electron chi connectivity index (χ1n) is 8.17. The van der Waals surface area contributed by atoms with Gasteiger partial charge in [-0.15, -0.1) is 11.3 Å². The van der Waals surface area contributed by atoms with Gasteiger partial charge in [0.1, 0.15) is 11.4 Å². The van der Waals surface area contributed by atoms with Gasteiger partial charge in [-0.05, 0) is 53.3 Å². The Balaban J connectivity index is 1.58. The number of ether oxygens (including phenoxy) is 1. The van der Waals surface area contributed by atoms with Crippen molar-refractivity contribution in [2.75, 3.05) is 12.4 Å². The summed E-state index contributed by atoms with van der Waals surface area (Å²) in [6, 6.07) is 13.4. The summed E-state index contributed by atoms with van der Waals surface area (Å²) in [5.74, 6) is 0.600. The summed E-state index contributed by atoms with van der Waals surface area (Å²) in [5, 5.41) is 5.98. The van der Waals surface area contributed by atoms with Crippen LogP contribution in [0.4, 0.5) is 5.69 Å². The minimum absolute atomic E-state index is 0.109. The molecule has 1 aromatic carbocycles. The Kier molecular flexibility index (Phi) is 4.41. The number of hydrogen-bond donors (Lipinski definition) is 2. The van der Waals surface area contributed by atoms with E-state index in [9.17, 15) is 4.79 Å². The fourth-order valence-electron chi connectivity index (χ4n) is 2.94. The summed E-state index contributed by atoms with van der Waals surface area (Å²) in [6.07, 6.45) is 4.35. The van der Waals surface area contributed by atoms with Gasteiger partial charge in [0.25, 0.3) is 5.91 Å². The van der Waals surface area contributed by atoms with Crippen LogP contribution in [0.25, 0.3) is 11.0 Å². The van der Waals surface area contributed by atoms with Crippen LogP contribution in [0.3, 0.4) is 0 Å². The maximum atomic E-state index is 12.7. The van der Waals surface area contributed by atoms with E-state index in [1.807, 2.05) is 48.0 Å². The van der Waals surface area contributed by atoms with Gasteiger partial charge in [0.15, 0.2) is 0 Å². The average Bonchev–Trinajstić information content (AvgIpc) is 3.31. The van der Waals surface area contributed by atoms with E-state index in [2.05, 4.69) is 15.3 Å². The van der Waals surface area contributed by atoms with Crippen molar-refractivity contribution in [3.8, 4) is 5.75 Å². The van der Waals surface area contributed by atoms with Gasteiger partial charge in [0, 0.05) is 29.5 Å². The molecule has 0 saturated carbocycles. The molecule has 0 atom stereocenters. The van der Waals surface area contributed by atoms with Crippen LogP contribution in [0.2, 0.25) is 0 Å². The maximum Gasteiger partial charge on any atom is 0.266 e. The van der Waals surface area contributed by atoms with Crippen LogP contribution in [0.15, 0.2) is 60.2 Å². The Hall–Kier alpha value is -3.12. The molecule has 130 valence electrons. The Bertz CT molecular complexity index is 1070. The summed E-state index contributed by atoms with van der Waals surface area (Å²) in [6.45, 7) is 0. The standard InChI is InChI=1S/C20H17N3O2S/c1-25-16-4-2-3-15(12-16)23-20(24)18-14(7-10-26-18)11-13-5-8-21-19-17(13)6-9-22-19/h2-10,12H,11H2,1H3,(H,21,22)(H,23,24). The number of nitrogens with one attached hydrogen (secondary N) is 2. The highest BCUT2D eigenvalue weighted by Crippen LogP contribution is 2.25. The number of rotatable bonds is 5. The molecular formula is C20H17N3O2S. The number of carbonyl (C=O) groups is 1. The highest BCUT2D eigenvalue weighted by atomic mass is 32.1. The van der Waals surface area contributed by atoms with Crippen LogP contribution in [0.5, 0.6) is 5.75 Å². The number of amides is 1. The number of pyridine rings is 1. The quantitative estimate of drug-likeness (QED) is 0.549. The molecule has 4 aromatic rings. The first-order valence-corrected chi connectivity index (χ1v) is 9.05. The monoisotopic (exact) mass is 363 g/mol. The number of aromatic nitrogens is 2. The number of hydrogen-bond acceptors (Lipinski definition) is 4. The van der Waals surface area contributed by atoms with Crippen LogP contribution >= 0.6 is 11.3 Å². The van der Waals surface area contributed by atoms with Crippen molar-refractivity contribution in [1.29, 1.82) is 0 Å². The van der Waals surface area contributed by atoms with E-state index in [0.29, 0.717) is 22.7 Å². The lowest BCUT2D eigenvalue weighted by Gasteiger charge is -2.08. The zero-order valence-electron chi connectivity index (χ0n) is 14.2. The third kappa shape index (κ3) is 3.19. The third-order valence-corrected chi connectivity index (χ3v) is 5.17. The first-order chi connectivity index (χ1) is 12.7. The second-order valence-electron chi connectivity index (χ2n) is 5.85. The van der Waals surface area contributed by atoms with Crippen LogP contribution < -0.4 is 10.1 Å². The van der Waals surface area contributed by atoms with Gasteiger partial charge in [-0.25, -0.2) is 4.98 Å². The molecule has 0 radical (unpaired) electrons. The Morgan fingerprint density at radius 1 is 1.23 bits per heavy atom. The lowest BCUT2D eigenvalue weighted by molar-refractivity contribution is 0.103. The van der Waals surface area contributed by atoms with E-state index in [-0.39, 0.29) is 5.91 Å². The molecule has 0 unspecified atom stereocenters. The SMILES string of the molecule is COc1cccc(NC(=O)c2sccc2Cc2ccnc3[nH]ccc23)c1. The molecular weight excluding hydrogens is 346 g/mol. The Labute approximate surface area is 154 Å². The summed E-state index contributed by atoms with van der Waals surface area (Å²) >= 11 is 1.45. The topological polar surface area (TPSA) is 67.0 Å². The largest absolute Gasteiger partial charge is 0.497 e. The molecule has 5 nitrogen and oxygen atoms in total. The van der Waals surface area contributed by atoms with Crippen molar-refractivity contribution in [1.82, 2.24) is 9.97 Å². The van der Waals surface area contributed by atoms with Crippen molar-refractivity contribution >= 4 is 34.0 Å². The molecule has 1 amide bonds. The number of H-pyrrole nitrogens is 1. The molecule has 0 bridgehead atoms. The van der Waals surface area contributed by atoms with Crippen molar-refractivity contribution in [2.45, 2.75) is 6.42 Å². The van der Waals surface area contributed by atoms with Gasteiger partial charge < -0.3 is 15.0 Å². The van der Waals surface area contributed by atoms with Crippen molar-refractivity contribution in [2.24, 2.45) is 0 Å². The molecule has 2 N–H and O–H groups in total. The zero-order valence-corrected chi connectivity index (χ0v) is 15.0. The molecule has 6 heteroatoms. The molecule has 0 aliphatic heterocycles. The van der Waals surface area contributed by atoms with Gasteiger partial charge in [0.2, 0.25) is 0 Å². The first kappa shape index (κ1) is 16.4. The number of aromatic amines is 1. The van der Waals surface area contributed by atoms with Gasteiger partial charge in [0.05, 0.1) is 12.0 Å². The lowest BCUT2D eigenvalue weighted by Crippen LogP contribution is -2.12. The lowest BCUT2D eigenvalue weighted by atomic mass is 10.0. The third-order valence-electron chi connectivity index (χ3n) is 4.21. The number of anilines is 1. The minimum atomic E-state index is -0.109. The normalized spacial score (nSPS) is 10.8. The molecule has 0 spiro atoms. The fraction of sp³-hybridized carbons (Fsp3) is 0.100. The van der Waals surface area contributed by atoms with Crippen molar-refractivity contribution < 1.29 is 9.53 Å². The van der Waals surface area contributed by atoms with Crippen LogP contribution in [-0.2, 0) is 6.42 Å². The molecule has 3 heterocycles. The van der Waals surface area contributed by atoms with E-state index in [4.69, 9.17) is 4.74 Å². The zero-order chi connectivity index (χ0) is 17.9. The second-order valence-corrected chi connectivity index (χ2v) is 6.76. The number of benzene rings is 1. The molecule has 0 saturated heterocycles. The van der Waals surface area contributed by atoms with Gasteiger partial charge in [-0.2, -0.15) is 0 Å². The molecule has 0 aliphatic rings. The summed E-state index contributed by atoms with van der Waals surface area (Å²) < 4.78 is 5.21. The Morgan fingerprint density at radius 2 is 2.15 bits per heavy atom. The Morgan fingerprint density at radius 3 is 3.04 bits per heavy atom. The number of methoxy groups -OCH3 is 1. The van der Waals surface area contributed by atoms with Crippen molar-refractivity contribution in [3.63, 3.8) is 0 Å². The van der Waals surface area contributed by atoms with Crippen LogP contribution in [0, 0.1) is 0 Å². The number of carbonyl (C=O) groups excluding carboxylic acids is 1. The predicted molar refractivity (Wildman–Crippen MR) is 104 cm³/mol. The smallest absolute Gasteiger partial charge is 0.266 e. The molecule has 26 heavy (non-hydrogen) atoms. The molecule has 3 aromatic heterocycles. The van der Waals surface area contributed by atoms with Crippen LogP contribution in [0.1, 0.15) is 20.8 Å². The number of thiophene rings is 1. The van der Waals surface area contributed by atoms with Crippen molar-refractivity contribution in [3.05, 3.63) is 76.2 Å². The summed E-state index contributed by atoms with van der Waals surface area (Å²) in [7, 11) is 1.61. The van der Waals surface area contributed by atoms with Gasteiger partial charge in [-0.3, -0.25) is 4.79 Å². The summed E-state index contributed by atoms with van der Waals surface area (Å²) in [5.41, 5.74) is 3.72. The minimum Gasteiger partial charge on any atom is -0.497 e. The maximum absolute atomic E-state index is 12.7. The van der Waals surface area contributed by atoms with Gasteiger partial charge >= 0.3 is 0 Å². The van der Waals surface area contributed by atoms with E-state index in [1.165, 1.54) is 11.3 Å². The number of nitrogens with zero attached hydrogens (tertiary/aromatic N) is 1. The molecule has 0 aliphatic carbocycles. The van der Waals surface area contributed by atoms with Crippen LogP contribution in [-0.4, -0.2) is 23.0 Å². The fourth-order valence-corrected chi connectivity index (χ4v) is 3.76. The number of fused-ring (bicyclic) bond motifs is 1. The highest BCUT2D eigenvalue weighted by molar-refractivity contribution is 7.12. The summed E-state index contributed by atoms with van der Waals surface area (Å²) in [4.78, 5) is 20.9. The van der Waals surface area contributed by atoms with E-state index in [1.54, 1.807) is 19.4 Å². The average molecular weight is 363 g/mol. The van der Waals surface area contributed by atoms with Gasteiger partial charge in [-0.1, -0.05) is 6.07 Å². The van der Waals surface area contributed by atoms with E-state index < -0.39 is 0 Å². The molecule has 0 fully saturated rings. The highest BCUT2D eigenvalue weighted by Gasteiger charge is 2.15. The second kappa shape index (κ2) is 7.01.